The van der Waals surface area contributed by atoms with Gasteiger partial charge < -0.3 is 10.1 Å². The third kappa shape index (κ3) is 3.85. The molecule has 1 fully saturated rings. The molecular weight excluding hydrogens is 278 g/mol. The molecule has 0 aromatic heterocycles. The Balaban J connectivity index is 2.07. The highest BCUT2D eigenvalue weighted by molar-refractivity contribution is 5.99. The van der Waals surface area contributed by atoms with Crippen molar-refractivity contribution in [3.05, 3.63) is 29.3 Å². The van der Waals surface area contributed by atoms with Crippen molar-refractivity contribution in [1.29, 1.82) is 5.26 Å². The molecule has 1 aliphatic rings. The second kappa shape index (κ2) is 7.39. The summed E-state index contributed by atoms with van der Waals surface area (Å²) in [5.74, 6) is -0.000571. The van der Waals surface area contributed by atoms with E-state index >= 15 is 0 Å². The summed E-state index contributed by atoms with van der Waals surface area (Å²) in [7, 11) is 0. The van der Waals surface area contributed by atoms with Gasteiger partial charge in [0.2, 0.25) is 0 Å². The number of carbonyl (C=O) groups is 1. The fourth-order valence-electron chi connectivity index (χ4n) is 2.84. The quantitative estimate of drug-likeness (QED) is 0.845. The summed E-state index contributed by atoms with van der Waals surface area (Å²) in [6, 6.07) is 7.96. The lowest BCUT2D eigenvalue weighted by Crippen LogP contribution is -2.50. The highest BCUT2D eigenvalue weighted by Crippen LogP contribution is 2.19. The van der Waals surface area contributed by atoms with Gasteiger partial charge in [0.15, 0.2) is 5.78 Å². The first-order valence-corrected chi connectivity index (χ1v) is 7.65. The smallest absolute Gasteiger partial charge is 0.161 e. The minimum absolute atomic E-state index is 0.000571. The summed E-state index contributed by atoms with van der Waals surface area (Å²) in [5.41, 5.74) is 1.92. The third-order valence-electron chi connectivity index (χ3n) is 4.10. The predicted molar refractivity (Wildman–Crippen MR) is 86.1 cm³/mol. The number of anilines is 1. The largest absolute Gasteiger partial charge is 0.383 e. The number of Topliss-reactive ketones (excluding diaryl/α,β-unsaturated/α-hetero) is 1. The standard InChI is InChI=1S/C17H23N3O2/c1-12(20-6-7-22-11-13(20)2)10-19-17-8-15(9-18)4-5-16(17)14(3)21/h4-5,8,12-13,19H,6-7,10-11H2,1-3H3. The van der Waals surface area contributed by atoms with Gasteiger partial charge in [-0.2, -0.15) is 5.26 Å². The Morgan fingerprint density at radius 2 is 2.36 bits per heavy atom. The van der Waals surface area contributed by atoms with Crippen LogP contribution in [-0.2, 0) is 4.74 Å². The molecule has 2 unspecified atom stereocenters. The van der Waals surface area contributed by atoms with Crippen LogP contribution in [0.3, 0.4) is 0 Å². The van der Waals surface area contributed by atoms with E-state index in [1.807, 2.05) is 0 Å². The molecule has 5 nitrogen and oxygen atoms in total. The predicted octanol–water partition coefficient (Wildman–Crippen LogP) is 2.28. The lowest BCUT2D eigenvalue weighted by Gasteiger charge is -2.38. The molecule has 1 N–H and O–H groups in total. The molecule has 5 heteroatoms. The minimum atomic E-state index is -0.000571. The number of hydrogen-bond acceptors (Lipinski definition) is 5. The van der Waals surface area contributed by atoms with Gasteiger partial charge in [0.05, 0.1) is 24.8 Å². The Morgan fingerprint density at radius 3 is 3.00 bits per heavy atom. The van der Waals surface area contributed by atoms with Gasteiger partial charge in [-0.1, -0.05) is 0 Å². The number of nitriles is 1. The van der Waals surface area contributed by atoms with Gasteiger partial charge in [-0.05, 0) is 39.0 Å². The van der Waals surface area contributed by atoms with E-state index in [0.717, 1.165) is 32.0 Å². The van der Waals surface area contributed by atoms with Gasteiger partial charge in [0.1, 0.15) is 0 Å². The lowest BCUT2D eigenvalue weighted by atomic mass is 10.1. The number of ether oxygens (including phenoxy) is 1. The average Bonchev–Trinajstić information content (AvgIpc) is 2.52. The molecule has 2 rings (SSSR count). The number of ketones is 1. The van der Waals surface area contributed by atoms with Gasteiger partial charge in [-0.25, -0.2) is 0 Å². The maximum absolute atomic E-state index is 11.7. The Kier molecular flexibility index (Phi) is 5.53. The number of hydrogen-bond donors (Lipinski definition) is 1. The van der Waals surface area contributed by atoms with E-state index < -0.39 is 0 Å². The molecule has 2 atom stereocenters. The number of nitrogens with one attached hydrogen (secondary N) is 1. The zero-order valence-electron chi connectivity index (χ0n) is 13.4. The molecule has 1 aliphatic heterocycles. The number of rotatable bonds is 5. The van der Waals surface area contributed by atoms with Crippen LogP contribution in [0.2, 0.25) is 0 Å². The molecule has 0 spiro atoms. The van der Waals surface area contributed by atoms with Crippen LogP contribution in [0.25, 0.3) is 0 Å². The number of benzene rings is 1. The number of morpholine rings is 1. The highest BCUT2D eigenvalue weighted by atomic mass is 16.5. The van der Waals surface area contributed by atoms with E-state index in [4.69, 9.17) is 10.00 Å². The molecule has 0 saturated carbocycles. The normalized spacial score (nSPS) is 20.2. The molecule has 0 bridgehead atoms. The van der Waals surface area contributed by atoms with Gasteiger partial charge in [-0.3, -0.25) is 9.69 Å². The van der Waals surface area contributed by atoms with Crippen molar-refractivity contribution in [3.63, 3.8) is 0 Å². The molecule has 0 radical (unpaired) electrons. The monoisotopic (exact) mass is 301 g/mol. The molecule has 0 aliphatic carbocycles. The van der Waals surface area contributed by atoms with Crippen LogP contribution < -0.4 is 5.32 Å². The van der Waals surface area contributed by atoms with Crippen molar-refractivity contribution < 1.29 is 9.53 Å². The average molecular weight is 301 g/mol. The van der Waals surface area contributed by atoms with Crippen LogP contribution >= 0.6 is 0 Å². The Hall–Kier alpha value is -1.90. The van der Waals surface area contributed by atoms with Gasteiger partial charge >= 0.3 is 0 Å². The summed E-state index contributed by atoms with van der Waals surface area (Å²) in [6.07, 6.45) is 0. The van der Waals surface area contributed by atoms with E-state index in [1.165, 1.54) is 0 Å². The number of carbonyl (C=O) groups excluding carboxylic acids is 1. The molecule has 1 heterocycles. The SMILES string of the molecule is CC(=O)c1ccc(C#N)cc1NCC(C)N1CCOCC1C. The summed E-state index contributed by atoms with van der Waals surface area (Å²) < 4.78 is 5.46. The Bertz CT molecular complexity index is 580. The van der Waals surface area contributed by atoms with Crippen LogP contribution in [0.15, 0.2) is 18.2 Å². The van der Waals surface area contributed by atoms with Gasteiger partial charge in [0.25, 0.3) is 0 Å². The summed E-state index contributed by atoms with van der Waals surface area (Å²) in [4.78, 5) is 14.1. The molecular formula is C17H23N3O2. The van der Waals surface area contributed by atoms with E-state index in [2.05, 4.69) is 30.1 Å². The van der Waals surface area contributed by atoms with Gasteiger partial charge in [-0.15, -0.1) is 0 Å². The molecule has 0 amide bonds. The molecule has 1 aromatic carbocycles. The maximum Gasteiger partial charge on any atom is 0.161 e. The van der Waals surface area contributed by atoms with Crippen LogP contribution in [0, 0.1) is 11.3 Å². The lowest BCUT2D eigenvalue weighted by molar-refractivity contribution is -0.0159. The fourth-order valence-corrected chi connectivity index (χ4v) is 2.84. The van der Waals surface area contributed by atoms with Crippen LogP contribution in [0.1, 0.15) is 36.7 Å². The molecule has 1 aromatic rings. The van der Waals surface area contributed by atoms with Crippen molar-refractivity contribution in [1.82, 2.24) is 4.90 Å². The van der Waals surface area contributed by atoms with Gasteiger partial charge in [0, 0.05) is 36.4 Å². The van der Waals surface area contributed by atoms with Crippen LogP contribution in [0.5, 0.6) is 0 Å². The summed E-state index contributed by atoms with van der Waals surface area (Å²) >= 11 is 0. The zero-order chi connectivity index (χ0) is 16.1. The Labute approximate surface area is 131 Å². The maximum atomic E-state index is 11.7. The minimum Gasteiger partial charge on any atom is -0.383 e. The van der Waals surface area contributed by atoms with E-state index in [9.17, 15) is 4.79 Å². The second-order valence-electron chi connectivity index (χ2n) is 5.82. The Morgan fingerprint density at radius 1 is 1.59 bits per heavy atom. The first kappa shape index (κ1) is 16.5. The van der Waals surface area contributed by atoms with Crippen molar-refractivity contribution in [2.75, 3.05) is 31.6 Å². The zero-order valence-corrected chi connectivity index (χ0v) is 13.4. The van der Waals surface area contributed by atoms with Crippen molar-refractivity contribution in [2.24, 2.45) is 0 Å². The summed E-state index contributed by atoms with van der Waals surface area (Å²) in [6.45, 7) is 9.02. The van der Waals surface area contributed by atoms with Crippen molar-refractivity contribution >= 4 is 11.5 Å². The first-order valence-electron chi connectivity index (χ1n) is 7.65. The molecule has 118 valence electrons. The molecule has 22 heavy (non-hydrogen) atoms. The van der Waals surface area contributed by atoms with E-state index in [1.54, 1.807) is 25.1 Å². The van der Waals surface area contributed by atoms with Crippen molar-refractivity contribution in [2.45, 2.75) is 32.9 Å². The number of nitrogens with zero attached hydrogens (tertiary/aromatic N) is 2. The van der Waals surface area contributed by atoms with E-state index in [-0.39, 0.29) is 5.78 Å². The summed E-state index contributed by atoms with van der Waals surface area (Å²) in [5, 5.41) is 12.4. The first-order chi connectivity index (χ1) is 10.5. The second-order valence-corrected chi connectivity index (χ2v) is 5.82. The fraction of sp³-hybridized carbons (Fsp3) is 0.529. The molecule has 1 saturated heterocycles. The van der Waals surface area contributed by atoms with Crippen molar-refractivity contribution in [3.8, 4) is 6.07 Å². The topological polar surface area (TPSA) is 65.4 Å². The van der Waals surface area contributed by atoms with Crippen LogP contribution in [0.4, 0.5) is 5.69 Å². The van der Waals surface area contributed by atoms with E-state index in [0.29, 0.717) is 23.2 Å². The van der Waals surface area contributed by atoms with Crippen LogP contribution in [-0.4, -0.2) is 49.1 Å². The highest BCUT2D eigenvalue weighted by Gasteiger charge is 2.23. The third-order valence-corrected chi connectivity index (χ3v) is 4.10.